The molecule has 0 atom stereocenters. The van der Waals surface area contributed by atoms with Gasteiger partial charge in [0.25, 0.3) is 5.91 Å². The van der Waals surface area contributed by atoms with E-state index in [9.17, 15) is 4.79 Å². The number of nitrogen functional groups attached to an aromatic ring is 1. The van der Waals surface area contributed by atoms with Crippen molar-refractivity contribution in [3.63, 3.8) is 0 Å². The van der Waals surface area contributed by atoms with Crippen molar-refractivity contribution in [2.45, 2.75) is 33.1 Å². The van der Waals surface area contributed by atoms with E-state index in [1.165, 1.54) is 6.42 Å². The standard InChI is InChI=1S/C15H22N2O/c1-3-12-4-6-17(7-5-12)15(18)13-8-11(2)9-14(16)10-13/h8-10,12H,3-7,16H2,1-2H3. The third-order valence-corrected chi connectivity index (χ3v) is 3.83. The van der Waals surface area contributed by atoms with Crippen LogP contribution in [0.15, 0.2) is 18.2 Å². The topological polar surface area (TPSA) is 46.3 Å². The van der Waals surface area contributed by atoms with Gasteiger partial charge >= 0.3 is 0 Å². The molecule has 0 aromatic heterocycles. The first-order valence-corrected chi connectivity index (χ1v) is 6.76. The van der Waals surface area contributed by atoms with E-state index in [-0.39, 0.29) is 5.91 Å². The molecule has 2 rings (SSSR count). The van der Waals surface area contributed by atoms with Crippen LogP contribution in [0.4, 0.5) is 5.69 Å². The molecule has 0 bridgehead atoms. The van der Waals surface area contributed by atoms with E-state index >= 15 is 0 Å². The minimum atomic E-state index is 0.125. The third-order valence-electron chi connectivity index (χ3n) is 3.83. The Labute approximate surface area is 109 Å². The first-order chi connectivity index (χ1) is 8.60. The highest BCUT2D eigenvalue weighted by Gasteiger charge is 2.22. The van der Waals surface area contributed by atoms with Crippen molar-refractivity contribution in [3.8, 4) is 0 Å². The number of benzene rings is 1. The monoisotopic (exact) mass is 246 g/mol. The first-order valence-electron chi connectivity index (χ1n) is 6.76. The van der Waals surface area contributed by atoms with Gasteiger partial charge in [0.05, 0.1) is 0 Å². The maximum atomic E-state index is 12.4. The minimum absolute atomic E-state index is 0.125. The molecule has 0 radical (unpaired) electrons. The maximum absolute atomic E-state index is 12.4. The van der Waals surface area contributed by atoms with E-state index < -0.39 is 0 Å². The second-order valence-electron chi connectivity index (χ2n) is 5.28. The smallest absolute Gasteiger partial charge is 0.253 e. The van der Waals surface area contributed by atoms with Gasteiger partial charge in [0.1, 0.15) is 0 Å². The maximum Gasteiger partial charge on any atom is 0.253 e. The van der Waals surface area contributed by atoms with Crippen LogP contribution in [-0.2, 0) is 0 Å². The van der Waals surface area contributed by atoms with Gasteiger partial charge in [-0.1, -0.05) is 13.3 Å². The van der Waals surface area contributed by atoms with Crippen LogP contribution in [0.2, 0.25) is 0 Å². The number of hydrogen-bond acceptors (Lipinski definition) is 2. The Balaban J connectivity index is 2.07. The molecular weight excluding hydrogens is 224 g/mol. The highest BCUT2D eigenvalue weighted by Crippen LogP contribution is 2.22. The van der Waals surface area contributed by atoms with Crippen LogP contribution in [0, 0.1) is 12.8 Å². The van der Waals surface area contributed by atoms with E-state index in [0.29, 0.717) is 5.69 Å². The number of carbonyl (C=O) groups is 1. The van der Waals surface area contributed by atoms with E-state index in [1.807, 2.05) is 24.0 Å². The normalized spacial score (nSPS) is 16.9. The Bertz CT molecular complexity index is 414. The highest BCUT2D eigenvalue weighted by molar-refractivity contribution is 5.95. The lowest BCUT2D eigenvalue weighted by atomic mass is 9.94. The molecule has 1 aliphatic rings. The molecule has 2 N–H and O–H groups in total. The fraction of sp³-hybridized carbons (Fsp3) is 0.533. The lowest BCUT2D eigenvalue weighted by Gasteiger charge is -2.31. The average molecular weight is 246 g/mol. The van der Waals surface area contributed by atoms with Gasteiger partial charge in [-0.25, -0.2) is 0 Å². The van der Waals surface area contributed by atoms with E-state index in [0.717, 1.165) is 43.0 Å². The molecule has 1 fully saturated rings. The number of piperidine rings is 1. The van der Waals surface area contributed by atoms with E-state index in [4.69, 9.17) is 5.73 Å². The van der Waals surface area contributed by atoms with E-state index in [2.05, 4.69) is 6.92 Å². The number of aryl methyl sites for hydroxylation is 1. The minimum Gasteiger partial charge on any atom is -0.399 e. The molecule has 1 aromatic rings. The summed E-state index contributed by atoms with van der Waals surface area (Å²) in [7, 11) is 0. The van der Waals surface area contributed by atoms with Gasteiger partial charge in [0.2, 0.25) is 0 Å². The molecule has 1 aliphatic heterocycles. The van der Waals surface area contributed by atoms with Crippen LogP contribution in [0.1, 0.15) is 42.1 Å². The highest BCUT2D eigenvalue weighted by atomic mass is 16.2. The number of carbonyl (C=O) groups excluding carboxylic acids is 1. The van der Waals surface area contributed by atoms with Gasteiger partial charge in [-0.05, 0) is 49.4 Å². The predicted octanol–water partition coefficient (Wildman–Crippen LogP) is 2.84. The number of amides is 1. The summed E-state index contributed by atoms with van der Waals surface area (Å²) in [6.07, 6.45) is 3.48. The number of anilines is 1. The Morgan fingerprint density at radius 2 is 2.00 bits per heavy atom. The second-order valence-corrected chi connectivity index (χ2v) is 5.28. The van der Waals surface area contributed by atoms with Crippen LogP contribution in [-0.4, -0.2) is 23.9 Å². The number of nitrogens with two attached hydrogens (primary N) is 1. The summed E-state index contributed by atoms with van der Waals surface area (Å²) in [6, 6.07) is 5.59. The Hall–Kier alpha value is -1.51. The van der Waals surface area contributed by atoms with Gasteiger partial charge in [0.15, 0.2) is 0 Å². The van der Waals surface area contributed by atoms with Crippen molar-refractivity contribution in [2.24, 2.45) is 5.92 Å². The molecule has 98 valence electrons. The van der Waals surface area contributed by atoms with Crippen molar-refractivity contribution in [3.05, 3.63) is 29.3 Å². The average Bonchev–Trinajstić information content (AvgIpc) is 2.37. The first kappa shape index (κ1) is 12.9. The lowest BCUT2D eigenvalue weighted by molar-refractivity contribution is 0.0689. The molecule has 1 aromatic carbocycles. The quantitative estimate of drug-likeness (QED) is 0.816. The van der Waals surface area contributed by atoms with Crippen LogP contribution < -0.4 is 5.73 Å². The van der Waals surface area contributed by atoms with Crippen molar-refractivity contribution in [1.82, 2.24) is 4.90 Å². The molecule has 3 heteroatoms. The SMILES string of the molecule is CCC1CCN(C(=O)c2cc(C)cc(N)c2)CC1. The molecule has 1 heterocycles. The summed E-state index contributed by atoms with van der Waals surface area (Å²) >= 11 is 0. The van der Waals surface area contributed by atoms with Crippen molar-refractivity contribution in [2.75, 3.05) is 18.8 Å². The van der Waals surface area contributed by atoms with Crippen LogP contribution in [0.3, 0.4) is 0 Å². The summed E-state index contributed by atoms with van der Waals surface area (Å²) in [6.45, 7) is 5.95. The van der Waals surface area contributed by atoms with Gasteiger partial charge in [-0.3, -0.25) is 4.79 Å². The molecule has 0 saturated carbocycles. The van der Waals surface area contributed by atoms with Crippen LogP contribution in [0.5, 0.6) is 0 Å². The summed E-state index contributed by atoms with van der Waals surface area (Å²) < 4.78 is 0. The largest absolute Gasteiger partial charge is 0.399 e. The molecule has 1 saturated heterocycles. The van der Waals surface area contributed by atoms with Crippen LogP contribution >= 0.6 is 0 Å². The number of likely N-dealkylation sites (tertiary alicyclic amines) is 1. The van der Waals surface area contributed by atoms with Gasteiger partial charge in [-0.15, -0.1) is 0 Å². The summed E-state index contributed by atoms with van der Waals surface area (Å²) in [5.74, 6) is 0.914. The zero-order valence-electron chi connectivity index (χ0n) is 11.3. The van der Waals surface area contributed by atoms with Crippen molar-refractivity contribution in [1.29, 1.82) is 0 Å². The molecule has 3 nitrogen and oxygen atoms in total. The molecule has 18 heavy (non-hydrogen) atoms. The summed E-state index contributed by atoms with van der Waals surface area (Å²) in [4.78, 5) is 14.3. The van der Waals surface area contributed by atoms with Crippen LogP contribution in [0.25, 0.3) is 0 Å². The van der Waals surface area contributed by atoms with E-state index in [1.54, 1.807) is 6.07 Å². The molecular formula is C15H22N2O. The fourth-order valence-electron chi connectivity index (χ4n) is 2.66. The summed E-state index contributed by atoms with van der Waals surface area (Å²) in [5, 5.41) is 0. The molecule has 0 spiro atoms. The van der Waals surface area contributed by atoms with Gasteiger partial charge in [-0.2, -0.15) is 0 Å². The third kappa shape index (κ3) is 2.84. The van der Waals surface area contributed by atoms with Crippen molar-refractivity contribution >= 4 is 11.6 Å². The Morgan fingerprint density at radius 3 is 2.56 bits per heavy atom. The molecule has 1 amide bonds. The number of nitrogens with zero attached hydrogens (tertiary/aromatic N) is 1. The fourth-order valence-corrected chi connectivity index (χ4v) is 2.66. The van der Waals surface area contributed by atoms with Gasteiger partial charge < -0.3 is 10.6 Å². The second kappa shape index (κ2) is 5.42. The number of rotatable bonds is 2. The van der Waals surface area contributed by atoms with Crippen molar-refractivity contribution < 1.29 is 4.79 Å². The predicted molar refractivity (Wildman–Crippen MR) is 74.5 cm³/mol. The molecule has 0 aliphatic carbocycles. The number of hydrogen-bond donors (Lipinski definition) is 1. The molecule has 0 unspecified atom stereocenters. The summed E-state index contributed by atoms with van der Waals surface area (Å²) in [5.41, 5.74) is 8.24. The zero-order chi connectivity index (χ0) is 13.1. The zero-order valence-corrected chi connectivity index (χ0v) is 11.3. The Morgan fingerprint density at radius 1 is 1.33 bits per heavy atom. The van der Waals surface area contributed by atoms with Gasteiger partial charge in [0, 0.05) is 24.3 Å². The lowest BCUT2D eigenvalue weighted by Crippen LogP contribution is -2.38. The Kier molecular flexibility index (Phi) is 3.90.